The highest BCUT2D eigenvalue weighted by Gasteiger charge is 2.27. The summed E-state index contributed by atoms with van der Waals surface area (Å²) >= 11 is 2.04. The van der Waals surface area contributed by atoms with Crippen LogP contribution in [0.1, 0.15) is 33.1 Å². The third-order valence-electron chi connectivity index (χ3n) is 3.07. The molecule has 0 bridgehead atoms. The summed E-state index contributed by atoms with van der Waals surface area (Å²) in [6.07, 6.45) is 7.25. The SMILES string of the molecule is CCOc1cncc(NC2CCCC2SCC)n1. The van der Waals surface area contributed by atoms with Crippen molar-refractivity contribution >= 4 is 17.6 Å². The van der Waals surface area contributed by atoms with Crippen molar-refractivity contribution in [2.24, 2.45) is 0 Å². The van der Waals surface area contributed by atoms with Crippen LogP contribution in [0, 0.1) is 0 Å². The fourth-order valence-electron chi connectivity index (χ4n) is 2.33. The van der Waals surface area contributed by atoms with Crippen molar-refractivity contribution in [1.29, 1.82) is 0 Å². The second kappa shape index (κ2) is 6.83. The van der Waals surface area contributed by atoms with E-state index in [2.05, 4.69) is 22.2 Å². The number of hydrogen-bond donors (Lipinski definition) is 1. The van der Waals surface area contributed by atoms with E-state index < -0.39 is 0 Å². The van der Waals surface area contributed by atoms with Gasteiger partial charge in [-0.05, 0) is 25.5 Å². The maximum absolute atomic E-state index is 5.37. The number of nitrogens with zero attached hydrogens (tertiary/aromatic N) is 2. The lowest BCUT2D eigenvalue weighted by Crippen LogP contribution is -2.26. The van der Waals surface area contributed by atoms with Crippen molar-refractivity contribution < 1.29 is 4.74 Å². The average Bonchev–Trinajstić information content (AvgIpc) is 2.78. The smallest absolute Gasteiger partial charge is 0.234 e. The Morgan fingerprint density at radius 2 is 2.28 bits per heavy atom. The molecule has 1 aliphatic carbocycles. The van der Waals surface area contributed by atoms with E-state index in [1.807, 2.05) is 18.7 Å². The highest BCUT2D eigenvalue weighted by Crippen LogP contribution is 2.31. The van der Waals surface area contributed by atoms with E-state index in [0.717, 1.165) is 5.82 Å². The third kappa shape index (κ3) is 3.51. The fraction of sp³-hybridized carbons (Fsp3) is 0.692. The molecule has 0 saturated heterocycles. The molecule has 0 aliphatic heterocycles. The van der Waals surface area contributed by atoms with Crippen LogP contribution in [0.3, 0.4) is 0 Å². The summed E-state index contributed by atoms with van der Waals surface area (Å²) in [5.41, 5.74) is 0. The lowest BCUT2D eigenvalue weighted by molar-refractivity contribution is 0.325. The number of rotatable bonds is 6. The van der Waals surface area contributed by atoms with E-state index >= 15 is 0 Å². The molecule has 1 aromatic heterocycles. The zero-order chi connectivity index (χ0) is 12.8. The molecule has 1 aromatic rings. The van der Waals surface area contributed by atoms with Gasteiger partial charge in [-0.15, -0.1) is 0 Å². The van der Waals surface area contributed by atoms with Gasteiger partial charge < -0.3 is 10.1 Å². The monoisotopic (exact) mass is 267 g/mol. The second-order valence-corrected chi connectivity index (χ2v) is 5.87. The summed E-state index contributed by atoms with van der Waals surface area (Å²) in [5.74, 6) is 2.60. The normalized spacial score (nSPS) is 23.0. The van der Waals surface area contributed by atoms with Crippen LogP contribution in [0.4, 0.5) is 5.82 Å². The largest absolute Gasteiger partial charge is 0.477 e. The van der Waals surface area contributed by atoms with Crippen LogP contribution in [0.5, 0.6) is 5.88 Å². The first kappa shape index (κ1) is 13.5. The van der Waals surface area contributed by atoms with E-state index in [1.165, 1.54) is 25.0 Å². The van der Waals surface area contributed by atoms with Crippen LogP contribution in [-0.2, 0) is 0 Å². The summed E-state index contributed by atoms with van der Waals surface area (Å²) in [7, 11) is 0. The molecule has 1 heterocycles. The zero-order valence-electron chi connectivity index (χ0n) is 11.1. The van der Waals surface area contributed by atoms with Gasteiger partial charge in [-0.1, -0.05) is 13.3 Å². The predicted octanol–water partition coefficient (Wildman–Crippen LogP) is 2.96. The maximum Gasteiger partial charge on any atom is 0.234 e. The molecule has 0 spiro atoms. The predicted molar refractivity (Wildman–Crippen MR) is 76.4 cm³/mol. The van der Waals surface area contributed by atoms with Crippen LogP contribution < -0.4 is 10.1 Å². The Balaban J connectivity index is 1.97. The minimum absolute atomic E-state index is 0.515. The van der Waals surface area contributed by atoms with Crippen LogP contribution >= 0.6 is 11.8 Å². The van der Waals surface area contributed by atoms with E-state index in [1.54, 1.807) is 12.4 Å². The topological polar surface area (TPSA) is 47.0 Å². The molecule has 1 aliphatic rings. The maximum atomic E-state index is 5.37. The number of hydrogen-bond acceptors (Lipinski definition) is 5. The zero-order valence-corrected chi connectivity index (χ0v) is 11.9. The second-order valence-electron chi connectivity index (χ2n) is 4.35. The lowest BCUT2D eigenvalue weighted by Gasteiger charge is -2.20. The molecule has 18 heavy (non-hydrogen) atoms. The van der Waals surface area contributed by atoms with Gasteiger partial charge in [0.25, 0.3) is 0 Å². The molecule has 1 saturated carbocycles. The highest BCUT2D eigenvalue weighted by molar-refractivity contribution is 7.99. The van der Waals surface area contributed by atoms with Gasteiger partial charge in [0.1, 0.15) is 5.82 Å². The van der Waals surface area contributed by atoms with E-state index in [9.17, 15) is 0 Å². The summed E-state index contributed by atoms with van der Waals surface area (Å²) < 4.78 is 5.37. The molecular weight excluding hydrogens is 246 g/mol. The number of thioether (sulfide) groups is 1. The first-order valence-electron chi connectivity index (χ1n) is 6.66. The minimum Gasteiger partial charge on any atom is -0.477 e. The van der Waals surface area contributed by atoms with Crippen LogP contribution in [0.2, 0.25) is 0 Å². The van der Waals surface area contributed by atoms with Crippen LogP contribution in [0.15, 0.2) is 12.4 Å². The van der Waals surface area contributed by atoms with Crippen molar-refractivity contribution in [3.8, 4) is 5.88 Å². The van der Waals surface area contributed by atoms with Gasteiger partial charge >= 0.3 is 0 Å². The summed E-state index contributed by atoms with van der Waals surface area (Å²) in [5, 5.41) is 4.20. The number of aromatic nitrogens is 2. The Kier molecular flexibility index (Phi) is 5.11. The molecule has 4 nitrogen and oxygen atoms in total. The highest BCUT2D eigenvalue weighted by atomic mass is 32.2. The van der Waals surface area contributed by atoms with Crippen molar-refractivity contribution in [1.82, 2.24) is 9.97 Å². The van der Waals surface area contributed by atoms with E-state index in [4.69, 9.17) is 4.74 Å². The lowest BCUT2D eigenvalue weighted by atomic mass is 10.2. The minimum atomic E-state index is 0.515. The molecular formula is C13H21N3OS. The molecule has 100 valence electrons. The third-order valence-corrected chi connectivity index (χ3v) is 4.40. The molecule has 2 rings (SSSR count). The fourth-order valence-corrected chi connectivity index (χ4v) is 3.53. The number of nitrogens with one attached hydrogen (secondary N) is 1. The van der Waals surface area contributed by atoms with Crippen molar-refractivity contribution in [2.45, 2.75) is 44.4 Å². The van der Waals surface area contributed by atoms with Crippen molar-refractivity contribution in [3.63, 3.8) is 0 Å². The van der Waals surface area contributed by atoms with Gasteiger partial charge in [0.15, 0.2) is 0 Å². The van der Waals surface area contributed by atoms with Crippen LogP contribution in [-0.4, -0.2) is 33.6 Å². The Labute approximate surface area is 113 Å². The van der Waals surface area contributed by atoms with Crippen LogP contribution in [0.25, 0.3) is 0 Å². The molecule has 2 atom stereocenters. The first-order valence-corrected chi connectivity index (χ1v) is 7.71. The Morgan fingerprint density at radius 1 is 1.39 bits per heavy atom. The molecule has 5 heteroatoms. The van der Waals surface area contributed by atoms with E-state index in [0.29, 0.717) is 23.8 Å². The van der Waals surface area contributed by atoms with Gasteiger partial charge in [0.05, 0.1) is 19.0 Å². The average molecular weight is 267 g/mol. The standard InChI is InChI=1S/C13H21N3OS/c1-3-17-13-9-14-8-12(16-13)15-10-6-5-7-11(10)18-4-2/h8-11H,3-7H2,1-2H3,(H,15,16). The molecule has 0 amide bonds. The summed E-state index contributed by atoms with van der Waals surface area (Å²) in [6, 6.07) is 0.515. The van der Waals surface area contributed by atoms with Gasteiger partial charge in [0, 0.05) is 11.3 Å². The summed E-state index contributed by atoms with van der Waals surface area (Å²) in [4.78, 5) is 8.57. The van der Waals surface area contributed by atoms with Crippen molar-refractivity contribution in [3.05, 3.63) is 12.4 Å². The summed E-state index contributed by atoms with van der Waals surface area (Å²) in [6.45, 7) is 4.79. The Bertz CT molecular complexity index is 375. The van der Waals surface area contributed by atoms with E-state index in [-0.39, 0.29) is 0 Å². The molecule has 1 fully saturated rings. The van der Waals surface area contributed by atoms with Gasteiger partial charge in [-0.2, -0.15) is 16.7 Å². The van der Waals surface area contributed by atoms with Crippen molar-refractivity contribution in [2.75, 3.05) is 17.7 Å². The molecule has 1 N–H and O–H groups in total. The molecule has 2 unspecified atom stereocenters. The molecule has 0 aromatic carbocycles. The van der Waals surface area contributed by atoms with Gasteiger partial charge in [-0.25, -0.2) is 0 Å². The van der Waals surface area contributed by atoms with Gasteiger partial charge in [0.2, 0.25) is 5.88 Å². The molecule has 0 radical (unpaired) electrons. The Morgan fingerprint density at radius 3 is 3.06 bits per heavy atom. The number of ether oxygens (including phenoxy) is 1. The quantitative estimate of drug-likeness (QED) is 0.858. The number of anilines is 1. The Hall–Kier alpha value is -0.970. The van der Waals surface area contributed by atoms with Gasteiger partial charge in [-0.3, -0.25) is 4.98 Å². The first-order chi connectivity index (χ1) is 8.83.